The summed E-state index contributed by atoms with van der Waals surface area (Å²) >= 11 is 18.4. The number of hydrogen-bond acceptors (Lipinski definition) is 7. The van der Waals surface area contributed by atoms with E-state index in [2.05, 4.69) is 36.4 Å². The number of carbonyl (C=O) groups excluding carboxylic acids is 1. The van der Waals surface area contributed by atoms with Gasteiger partial charge in [-0.05, 0) is 54.1 Å². The fourth-order valence-electron chi connectivity index (χ4n) is 3.59. The standard InChI is InChI=1S/C27H20BrCl2N5O2S2/c28-18-7-10-21(11-8-18)37-15-24-33-34-27(35(24)20-4-2-1-3-5-20)38-16-25(36)32-26-31-14-22(39-26)12-17-6-9-19(29)13-23(17)30/h1-11,13-14H,12,15-16H2,(H,31,32,36). The number of carbonyl (C=O) groups is 1. The van der Waals surface area contributed by atoms with Crippen molar-refractivity contribution < 1.29 is 9.53 Å². The molecule has 0 atom stereocenters. The van der Waals surface area contributed by atoms with Crippen LogP contribution in [-0.2, 0) is 17.8 Å². The number of nitrogens with one attached hydrogen (secondary N) is 1. The Morgan fingerprint density at radius 2 is 1.85 bits per heavy atom. The molecule has 0 aliphatic carbocycles. The maximum atomic E-state index is 12.8. The molecular formula is C27H20BrCl2N5O2S2. The minimum Gasteiger partial charge on any atom is -0.486 e. The van der Waals surface area contributed by atoms with Crippen LogP contribution in [0.4, 0.5) is 5.13 Å². The number of benzene rings is 3. The number of nitrogens with zero attached hydrogens (tertiary/aromatic N) is 4. The van der Waals surface area contributed by atoms with Crippen LogP contribution in [0.1, 0.15) is 16.3 Å². The van der Waals surface area contributed by atoms with Crippen molar-refractivity contribution in [2.45, 2.75) is 18.2 Å². The minimum absolute atomic E-state index is 0.135. The first-order valence-corrected chi connectivity index (χ1v) is 15.0. The third-order valence-corrected chi connectivity index (χ3v) is 8.37. The molecular weight excluding hydrogens is 641 g/mol. The number of para-hydroxylation sites is 1. The van der Waals surface area contributed by atoms with Crippen LogP contribution in [0.25, 0.3) is 5.69 Å². The molecule has 1 amide bonds. The number of aromatic nitrogens is 4. The highest BCUT2D eigenvalue weighted by molar-refractivity contribution is 9.10. The van der Waals surface area contributed by atoms with Gasteiger partial charge in [-0.1, -0.05) is 75.2 Å². The number of halogens is 3. The summed E-state index contributed by atoms with van der Waals surface area (Å²) in [6, 6.07) is 22.7. The first-order chi connectivity index (χ1) is 18.9. The zero-order valence-corrected chi connectivity index (χ0v) is 24.9. The van der Waals surface area contributed by atoms with Gasteiger partial charge in [-0.15, -0.1) is 21.5 Å². The molecule has 0 aliphatic heterocycles. The monoisotopic (exact) mass is 659 g/mol. The van der Waals surface area contributed by atoms with Crippen molar-refractivity contribution in [3.63, 3.8) is 0 Å². The Morgan fingerprint density at radius 3 is 2.62 bits per heavy atom. The topological polar surface area (TPSA) is 81.9 Å². The van der Waals surface area contributed by atoms with Crippen molar-refractivity contribution in [2.75, 3.05) is 11.1 Å². The van der Waals surface area contributed by atoms with Gasteiger partial charge in [-0.25, -0.2) is 4.98 Å². The fourth-order valence-corrected chi connectivity index (χ4v) is 5.95. The van der Waals surface area contributed by atoms with Crippen molar-refractivity contribution in [1.29, 1.82) is 0 Å². The molecule has 198 valence electrons. The van der Waals surface area contributed by atoms with E-state index in [1.165, 1.54) is 23.1 Å². The number of thioether (sulfide) groups is 1. The van der Waals surface area contributed by atoms with E-state index in [9.17, 15) is 4.79 Å². The molecule has 12 heteroatoms. The highest BCUT2D eigenvalue weighted by atomic mass is 79.9. The van der Waals surface area contributed by atoms with Crippen LogP contribution in [0.2, 0.25) is 10.0 Å². The average molecular weight is 661 g/mol. The lowest BCUT2D eigenvalue weighted by atomic mass is 10.1. The first kappa shape index (κ1) is 27.7. The minimum atomic E-state index is -0.194. The Kier molecular flexibility index (Phi) is 9.21. The van der Waals surface area contributed by atoms with Crippen molar-refractivity contribution in [3.8, 4) is 11.4 Å². The Labute approximate surface area is 251 Å². The van der Waals surface area contributed by atoms with E-state index >= 15 is 0 Å². The van der Waals surface area contributed by atoms with Crippen molar-refractivity contribution in [1.82, 2.24) is 19.7 Å². The molecule has 2 heterocycles. The lowest BCUT2D eigenvalue weighted by Crippen LogP contribution is -2.14. The molecule has 5 aromatic rings. The molecule has 0 aliphatic rings. The number of ether oxygens (including phenoxy) is 1. The number of amides is 1. The summed E-state index contributed by atoms with van der Waals surface area (Å²) in [6.45, 7) is 0.218. The van der Waals surface area contributed by atoms with Crippen LogP contribution in [0.3, 0.4) is 0 Å². The van der Waals surface area contributed by atoms with Gasteiger partial charge in [0, 0.05) is 37.7 Å². The van der Waals surface area contributed by atoms with Gasteiger partial charge in [0.1, 0.15) is 12.4 Å². The number of rotatable bonds is 10. The van der Waals surface area contributed by atoms with Gasteiger partial charge in [0.05, 0.1) is 5.75 Å². The predicted molar refractivity (Wildman–Crippen MR) is 161 cm³/mol. The summed E-state index contributed by atoms with van der Waals surface area (Å²) < 4.78 is 8.80. The third-order valence-electron chi connectivity index (χ3n) is 5.41. The molecule has 0 fully saturated rings. The largest absolute Gasteiger partial charge is 0.486 e. The zero-order chi connectivity index (χ0) is 27.2. The van der Waals surface area contributed by atoms with Crippen molar-refractivity contribution >= 4 is 73.3 Å². The molecule has 0 saturated carbocycles. The fraction of sp³-hybridized carbons (Fsp3) is 0.111. The Balaban J connectivity index is 1.23. The third kappa shape index (κ3) is 7.40. The van der Waals surface area contributed by atoms with Crippen LogP contribution in [0, 0.1) is 0 Å². The number of thiazole rings is 1. The van der Waals surface area contributed by atoms with Crippen LogP contribution < -0.4 is 10.1 Å². The van der Waals surface area contributed by atoms with Gasteiger partial charge in [0.25, 0.3) is 0 Å². The van der Waals surface area contributed by atoms with E-state index in [0.717, 1.165) is 26.4 Å². The number of anilines is 1. The van der Waals surface area contributed by atoms with E-state index in [1.807, 2.05) is 65.2 Å². The van der Waals surface area contributed by atoms with E-state index in [1.54, 1.807) is 18.3 Å². The second-order valence-electron chi connectivity index (χ2n) is 8.19. The quantitative estimate of drug-likeness (QED) is 0.155. The van der Waals surface area contributed by atoms with E-state index in [4.69, 9.17) is 27.9 Å². The van der Waals surface area contributed by atoms with E-state index in [-0.39, 0.29) is 18.3 Å². The highest BCUT2D eigenvalue weighted by Gasteiger charge is 2.17. The second-order valence-corrected chi connectivity index (χ2v) is 12.0. The summed E-state index contributed by atoms with van der Waals surface area (Å²) in [4.78, 5) is 18.1. The molecule has 5 rings (SSSR count). The molecule has 3 aromatic carbocycles. The highest BCUT2D eigenvalue weighted by Crippen LogP contribution is 2.28. The lowest BCUT2D eigenvalue weighted by molar-refractivity contribution is -0.113. The normalized spacial score (nSPS) is 10.9. The van der Waals surface area contributed by atoms with Crippen LogP contribution >= 0.6 is 62.2 Å². The zero-order valence-electron chi connectivity index (χ0n) is 20.2. The summed E-state index contributed by atoms with van der Waals surface area (Å²) in [5.41, 5.74) is 1.82. The maximum Gasteiger partial charge on any atom is 0.236 e. The maximum absolute atomic E-state index is 12.8. The second kappa shape index (κ2) is 13.0. The van der Waals surface area contributed by atoms with Gasteiger partial charge >= 0.3 is 0 Å². The molecule has 1 N–H and O–H groups in total. The van der Waals surface area contributed by atoms with Gasteiger partial charge in [0.2, 0.25) is 5.91 Å². The average Bonchev–Trinajstić information content (AvgIpc) is 3.55. The summed E-state index contributed by atoms with van der Waals surface area (Å²) in [5.74, 6) is 1.28. The van der Waals surface area contributed by atoms with Crippen LogP contribution in [0.5, 0.6) is 5.75 Å². The van der Waals surface area contributed by atoms with Gasteiger partial charge in [-0.3, -0.25) is 9.36 Å². The molecule has 0 spiro atoms. The van der Waals surface area contributed by atoms with Gasteiger partial charge < -0.3 is 10.1 Å². The van der Waals surface area contributed by atoms with Crippen LogP contribution in [-0.4, -0.2) is 31.4 Å². The molecule has 0 saturated heterocycles. The molecule has 0 unspecified atom stereocenters. The predicted octanol–water partition coefficient (Wildman–Crippen LogP) is 7.69. The molecule has 7 nitrogen and oxygen atoms in total. The van der Waals surface area contributed by atoms with E-state index < -0.39 is 0 Å². The molecule has 2 aromatic heterocycles. The van der Waals surface area contributed by atoms with Crippen LogP contribution in [0.15, 0.2) is 88.6 Å². The SMILES string of the molecule is O=C(CSc1nnc(COc2ccc(Br)cc2)n1-c1ccccc1)Nc1ncc(Cc2ccc(Cl)cc2Cl)s1. The molecule has 0 radical (unpaired) electrons. The summed E-state index contributed by atoms with van der Waals surface area (Å²) in [7, 11) is 0. The van der Waals surface area contributed by atoms with Gasteiger partial charge in [0.15, 0.2) is 16.1 Å². The number of hydrogen-bond donors (Lipinski definition) is 1. The summed E-state index contributed by atoms with van der Waals surface area (Å²) in [5, 5.41) is 13.8. The first-order valence-electron chi connectivity index (χ1n) is 11.6. The Hall–Kier alpha value is -2.89. The smallest absolute Gasteiger partial charge is 0.236 e. The Bertz CT molecular complexity index is 1580. The molecule has 0 bridgehead atoms. The van der Waals surface area contributed by atoms with Gasteiger partial charge in [-0.2, -0.15) is 0 Å². The van der Waals surface area contributed by atoms with Crippen molar-refractivity contribution in [2.24, 2.45) is 0 Å². The Morgan fingerprint density at radius 1 is 1.05 bits per heavy atom. The van der Waals surface area contributed by atoms with Crippen molar-refractivity contribution in [3.05, 3.63) is 110 Å². The van der Waals surface area contributed by atoms with E-state index in [0.29, 0.717) is 32.6 Å². The molecule has 39 heavy (non-hydrogen) atoms. The lowest BCUT2D eigenvalue weighted by Gasteiger charge is -2.11. The summed E-state index contributed by atoms with van der Waals surface area (Å²) in [6.07, 6.45) is 2.34.